The molecule has 0 aliphatic rings. The Kier molecular flexibility index (Phi) is 4.54. The summed E-state index contributed by atoms with van der Waals surface area (Å²) in [7, 11) is 0. The van der Waals surface area contributed by atoms with Gasteiger partial charge in [-0.3, -0.25) is 9.78 Å². The van der Waals surface area contributed by atoms with Crippen molar-refractivity contribution in [3.05, 3.63) is 78.5 Å². The van der Waals surface area contributed by atoms with E-state index >= 15 is 0 Å². The fourth-order valence-electron chi connectivity index (χ4n) is 1.94. The molecule has 0 fully saturated rings. The summed E-state index contributed by atoms with van der Waals surface area (Å²) in [5.41, 5.74) is 1.96. The smallest absolute Gasteiger partial charge is 0.271 e. The van der Waals surface area contributed by atoms with E-state index in [4.69, 9.17) is 0 Å². The second-order valence-electron chi connectivity index (χ2n) is 4.78. The summed E-state index contributed by atoms with van der Waals surface area (Å²) < 4.78 is 0. The average Bonchev–Trinajstić information content (AvgIpc) is 2.62. The van der Waals surface area contributed by atoms with Gasteiger partial charge in [0.25, 0.3) is 5.91 Å². The highest BCUT2D eigenvalue weighted by Crippen LogP contribution is 2.12. The Morgan fingerprint density at radius 2 is 1.74 bits per heavy atom. The highest BCUT2D eigenvalue weighted by Gasteiger charge is 2.08. The SMILES string of the molecule is O=C(NCc1ccccn1)c1cnc(Nc2ccccc2)cn1. The first kappa shape index (κ1) is 14.6. The van der Waals surface area contributed by atoms with Gasteiger partial charge in [-0.25, -0.2) is 9.97 Å². The zero-order chi connectivity index (χ0) is 15.9. The number of nitrogens with one attached hydrogen (secondary N) is 2. The van der Waals surface area contributed by atoms with Crippen LogP contribution in [0, 0.1) is 0 Å². The van der Waals surface area contributed by atoms with Crippen LogP contribution in [-0.4, -0.2) is 20.9 Å². The first-order valence-electron chi connectivity index (χ1n) is 7.13. The number of carbonyl (C=O) groups is 1. The van der Waals surface area contributed by atoms with Crippen LogP contribution < -0.4 is 10.6 Å². The molecule has 0 saturated carbocycles. The quantitative estimate of drug-likeness (QED) is 0.757. The molecule has 0 radical (unpaired) electrons. The average molecular weight is 305 g/mol. The van der Waals surface area contributed by atoms with Crippen LogP contribution in [0.5, 0.6) is 0 Å². The number of hydrogen-bond acceptors (Lipinski definition) is 5. The fourth-order valence-corrected chi connectivity index (χ4v) is 1.94. The van der Waals surface area contributed by atoms with E-state index in [1.165, 1.54) is 12.4 Å². The maximum atomic E-state index is 12.0. The minimum absolute atomic E-state index is 0.263. The zero-order valence-corrected chi connectivity index (χ0v) is 12.3. The lowest BCUT2D eigenvalue weighted by molar-refractivity contribution is 0.0945. The van der Waals surface area contributed by atoms with Gasteiger partial charge in [0.15, 0.2) is 0 Å². The standard InChI is InChI=1S/C17H15N5O/c23-17(21-10-14-8-4-5-9-18-14)15-11-20-16(12-19-15)22-13-6-2-1-3-7-13/h1-9,11-12H,10H2,(H,20,22)(H,21,23). The fraction of sp³-hybridized carbons (Fsp3) is 0.0588. The van der Waals surface area contributed by atoms with Gasteiger partial charge in [-0.1, -0.05) is 24.3 Å². The third-order valence-corrected chi connectivity index (χ3v) is 3.09. The monoisotopic (exact) mass is 305 g/mol. The van der Waals surface area contributed by atoms with E-state index in [1.807, 2.05) is 48.5 Å². The van der Waals surface area contributed by atoms with E-state index in [1.54, 1.807) is 6.20 Å². The number of para-hydroxylation sites is 1. The van der Waals surface area contributed by atoms with Gasteiger partial charge in [-0.2, -0.15) is 0 Å². The Balaban J connectivity index is 1.59. The maximum absolute atomic E-state index is 12.0. The molecule has 2 heterocycles. The third kappa shape index (κ3) is 4.10. The largest absolute Gasteiger partial charge is 0.345 e. The number of pyridine rings is 1. The lowest BCUT2D eigenvalue weighted by Crippen LogP contribution is -2.24. The third-order valence-electron chi connectivity index (χ3n) is 3.09. The first-order chi connectivity index (χ1) is 11.3. The summed E-state index contributed by atoms with van der Waals surface area (Å²) >= 11 is 0. The molecule has 0 aliphatic heterocycles. The highest BCUT2D eigenvalue weighted by molar-refractivity contribution is 5.91. The summed E-state index contributed by atoms with van der Waals surface area (Å²) in [5.74, 6) is 0.298. The van der Waals surface area contributed by atoms with Gasteiger partial charge in [-0.05, 0) is 24.3 Å². The van der Waals surface area contributed by atoms with Crippen LogP contribution in [0.4, 0.5) is 11.5 Å². The van der Waals surface area contributed by atoms with Crippen LogP contribution in [-0.2, 0) is 6.54 Å². The Bertz CT molecular complexity index is 760. The predicted octanol–water partition coefficient (Wildman–Crippen LogP) is 2.55. The van der Waals surface area contributed by atoms with Gasteiger partial charge in [0.05, 0.1) is 24.6 Å². The Morgan fingerprint density at radius 3 is 2.43 bits per heavy atom. The number of nitrogens with zero attached hydrogens (tertiary/aromatic N) is 3. The molecule has 0 unspecified atom stereocenters. The molecule has 23 heavy (non-hydrogen) atoms. The number of aromatic nitrogens is 3. The minimum Gasteiger partial charge on any atom is -0.345 e. The van der Waals surface area contributed by atoms with Crippen LogP contribution in [0.1, 0.15) is 16.2 Å². The van der Waals surface area contributed by atoms with Gasteiger partial charge in [0.1, 0.15) is 11.5 Å². The van der Waals surface area contributed by atoms with Crippen molar-refractivity contribution in [2.75, 3.05) is 5.32 Å². The molecule has 0 aliphatic carbocycles. The van der Waals surface area contributed by atoms with Crippen molar-refractivity contribution in [3.8, 4) is 0 Å². The first-order valence-corrected chi connectivity index (χ1v) is 7.13. The van der Waals surface area contributed by atoms with Gasteiger partial charge in [0.2, 0.25) is 0 Å². The van der Waals surface area contributed by atoms with E-state index in [0.29, 0.717) is 12.4 Å². The molecule has 114 valence electrons. The van der Waals surface area contributed by atoms with Crippen molar-refractivity contribution in [2.45, 2.75) is 6.54 Å². The maximum Gasteiger partial charge on any atom is 0.271 e. The summed E-state index contributed by atoms with van der Waals surface area (Å²) in [6.07, 6.45) is 4.66. The lowest BCUT2D eigenvalue weighted by Gasteiger charge is -2.06. The second-order valence-corrected chi connectivity index (χ2v) is 4.78. The summed E-state index contributed by atoms with van der Waals surface area (Å²) in [6, 6.07) is 15.2. The number of hydrogen-bond donors (Lipinski definition) is 2. The van der Waals surface area contributed by atoms with Crippen molar-refractivity contribution in [1.29, 1.82) is 0 Å². The van der Waals surface area contributed by atoms with Crippen molar-refractivity contribution in [3.63, 3.8) is 0 Å². The van der Waals surface area contributed by atoms with Gasteiger partial charge < -0.3 is 10.6 Å². The molecule has 1 amide bonds. The topological polar surface area (TPSA) is 79.8 Å². The van der Waals surface area contributed by atoms with E-state index < -0.39 is 0 Å². The molecule has 0 saturated heterocycles. The van der Waals surface area contributed by atoms with Crippen molar-refractivity contribution in [1.82, 2.24) is 20.3 Å². The molecule has 1 aromatic carbocycles. The van der Waals surface area contributed by atoms with E-state index in [-0.39, 0.29) is 11.6 Å². The Morgan fingerprint density at radius 1 is 0.913 bits per heavy atom. The van der Waals surface area contributed by atoms with E-state index in [0.717, 1.165) is 11.4 Å². The Hall–Kier alpha value is -3.28. The number of carbonyl (C=O) groups excluding carboxylic acids is 1. The van der Waals surface area contributed by atoms with Gasteiger partial charge in [-0.15, -0.1) is 0 Å². The van der Waals surface area contributed by atoms with Crippen LogP contribution >= 0.6 is 0 Å². The normalized spacial score (nSPS) is 10.1. The number of anilines is 2. The molecular formula is C17H15N5O. The van der Waals surface area contributed by atoms with E-state index in [2.05, 4.69) is 25.6 Å². The molecular weight excluding hydrogens is 290 g/mol. The summed E-state index contributed by atoms with van der Waals surface area (Å²) in [6.45, 7) is 0.353. The predicted molar refractivity (Wildman–Crippen MR) is 87.2 cm³/mol. The van der Waals surface area contributed by atoms with Crippen molar-refractivity contribution >= 4 is 17.4 Å². The number of amides is 1. The van der Waals surface area contributed by atoms with Crippen molar-refractivity contribution in [2.24, 2.45) is 0 Å². The second kappa shape index (κ2) is 7.13. The minimum atomic E-state index is -0.283. The van der Waals surface area contributed by atoms with Crippen LogP contribution in [0.15, 0.2) is 67.1 Å². The van der Waals surface area contributed by atoms with Crippen molar-refractivity contribution < 1.29 is 4.79 Å². The number of rotatable bonds is 5. The van der Waals surface area contributed by atoms with Gasteiger partial charge >= 0.3 is 0 Å². The molecule has 6 heteroatoms. The molecule has 6 nitrogen and oxygen atoms in total. The molecule has 3 aromatic rings. The van der Waals surface area contributed by atoms with E-state index in [9.17, 15) is 4.79 Å². The molecule has 0 bridgehead atoms. The molecule has 3 rings (SSSR count). The lowest BCUT2D eigenvalue weighted by atomic mass is 10.3. The molecule has 0 spiro atoms. The Labute approximate surface area is 133 Å². The molecule has 0 atom stereocenters. The number of benzene rings is 1. The highest BCUT2D eigenvalue weighted by atomic mass is 16.1. The summed E-state index contributed by atoms with van der Waals surface area (Å²) in [4.78, 5) is 24.5. The van der Waals surface area contributed by atoms with Gasteiger partial charge in [0, 0.05) is 11.9 Å². The molecule has 2 aromatic heterocycles. The molecule has 2 N–H and O–H groups in total. The summed E-state index contributed by atoms with van der Waals surface area (Å²) in [5, 5.41) is 5.87. The van der Waals surface area contributed by atoms with Crippen LogP contribution in [0.25, 0.3) is 0 Å². The zero-order valence-electron chi connectivity index (χ0n) is 12.3. The van der Waals surface area contributed by atoms with Crippen LogP contribution in [0.2, 0.25) is 0 Å². The van der Waals surface area contributed by atoms with Crippen LogP contribution in [0.3, 0.4) is 0 Å².